The molecule has 0 amide bonds. The van der Waals surface area contributed by atoms with Gasteiger partial charge in [-0.2, -0.15) is 0 Å². The monoisotopic (exact) mass is 371 g/mol. The van der Waals surface area contributed by atoms with Crippen molar-refractivity contribution < 1.29 is 14.6 Å². The number of hydrogen-bond donors (Lipinski definition) is 1. The summed E-state index contributed by atoms with van der Waals surface area (Å²) in [4.78, 5) is 20.6. The van der Waals surface area contributed by atoms with Crippen molar-refractivity contribution in [2.24, 2.45) is 0 Å². The first-order chi connectivity index (χ1) is 12.5. The number of methoxy groups -OCH3 is 1. The Labute approximate surface area is 156 Å². The molecule has 0 aliphatic heterocycles. The van der Waals surface area contributed by atoms with E-state index in [1.165, 1.54) is 11.3 Å². The molecule has 0 unspecified atom stereocenters. The largest absolute Gasteiger partial charge is 0.478 e. The minimum absolute atomic E-state index is 0.309. The number of pyridine rings is 1. The predicted octanol–water partition coefficient (Wildman–Crippen LogP) is 4.03. The van der Waals surface area contributed by atoms with Crippen LogP contribution >= 0.6 is 11.3 Å². The smallest absolute Gasteiger partial charge is 0.337 e. The molecule has 0 bridgehead atoms. The lowest BCUT2D eigenvalue weighted by atomic mass is 10.2. The van der Waals surface area contributed by atoms with Crippen LogP contribution in [-0.4, -0.2) is 39.3 Å². The van der Waals surface area contributed by atoms with Gasteiger partial charge in [-0.1, -0.05) is 0 Å². The molecule has 0 aliphatic rings. The molecule has 3 heterocycles. The Bertz CT molecular complexity index is 913. The van der Waals surface area contributed by atoms with Gasteiger partial charge in [-0.15, -0.1) is 11.3 Å². The molecule has 0 aromatic carbocycles. The quantitative estimate of drug-likeness (QED) is 0.635. The zero-order valence-electron chi connectivity index (χ0n) is 15.0. The molecule has 0 saturated carbocycles. The third-order valence-corrected chi connectivity index (χ3v) is 5.14. The van der Waals surface area contributed by atoms with Gasteiger partial charge in [0.2, 0.25) is 0 Å². The first-order valence-electron chi connectivity index (χ1n) is 8.32. The summed E-state index contributed by atoms with van der Waals surface area (Å²) in [6, 6.07) is 5.66. The highest BCUT2D eigenvalue weighted by molar-refractivity contribution is 7.13. The van der Waals surface area contributed by atoms with Crippen molar-refractivity contribution in [3.63, 3.8) is 0 Å². The minimum Gasteiger partial charge on any atom is -0.478 e. The number of aromatic nitrogens is 3. The average molecular weight is 371 g/mol. The zero-order chi connectivity index (χ0) is 18.7. The highest BCUT2D eigenvalue weighted by Crippen LogP contribution is 2.31. The maximum Gasteiger partial charge on any atom is 0.337 e. The van der Waals surface area contributed by atoms with Crippen molar-refractivity contribution in [3.8, 4) is 22.0 Å². The van der Waals surface area contributed by atoms with E-state index in [4.69, 9.17) is 9.72 Å². The van der Waals surface area contributed by atoms with E-state index >= 15 is 0 Å². The molecule has 0 fully saturated rings. The molecule has 1 N–H and O–H groups in total. The van der Waals surface area contributed by atoms with E-state index in [1.54, 1.807) is 13.2 Å². The SMILES string of the molecule is COCCCn1c(-c2csc(-c3ccc(C)nc3)n2)cc(C(=O)O)c1C. The molecule has 3 aromatic heterocycles. The topological polar surface area (TPSA) is 77.2 Å². The van der Waals surface area contributed by atoms with Crippen molar-refractivity contribution in [3.05, 3.63) is 46.7 Å². The van der Waals surface area contributed by atoms with Gasteiger partial charge >= 0.3 is 5.97 Å². The summed E-state index contributed by atoms with van der Waals surface area (Å²) >= 11 is 1.53. The Balaban J connectivity index is 1.98. The number of carboxylic acid groups (broad SMARTS) is 1. The van der Waals surface area contributed by atoms with Crippen molar-refractivity contribution in [1.82, 2.24) is 14.5 Å². The number of aromatic carboxylic acids is 1. The number of carbonyl (C=O) groups is 1. The van der Waals surface area contributed by atoms with Gasteiger partial charge in [0.25, 0.3) is 0 Å². The lowest BCUT2D eigenvalue weighted by Gasteiger charge is -2.10. The fourth-order valence-corrected chi connectivity index (χ4v) is 3.65. The highest BCUT2D eigenvalue weighted by Gasteiger charge is 2.19. The van der Waals surface area contributed by atoms with Crippen molar-refractivity contribution >= 4 is 17.3 Å². The van der Waals surface area contributed by atoms with Crippen LogP contribution in [0.2, 0.25) is 0 Å². The minimum atomic E-state index is -0.924. The van der Waals surface area contributed by atoms with Crippen molar-refractivity contribution in [2.75, 3.05) is 13.7 Å². The molecule has 6 nitrogen and oxygen atoms in total. The van der Waals surface area contributed by atoms with Crippen LogP contribution in [0.1, 0.15) is 28.2 Å². The third kappa shape index (κ3) is 3.68. The summed E-state index contributed by atoms with van der Waals surface area (Å²) in [6.07, 6.45) is 2.61. The zero-order valence-corrected chi connectivity index (χ0v) is 15.8. The van der Waals surface area contributed by atoms with E-state index < -0.39 is 5.97 Å². The number of nitrogens with zero attached hydrogens (tertiary/aromatic N) is 3. The Hall–Kier alpha value is -2.51. The van der Waals surface area contributed by atoms with E-state index in [9.17, 15) is 9.90 Å². The van der Waals surface area contributed by atoms with Gasteiger partial charge in [0.1, 0.15) is 5.01 Å². The van der Waals surface area contributed by atoms with Crippen LogP contribution in [0.5, 0.6) is 0 Å². The average Bonchev–Trinajstić information content (AvgIpc) is 3.21. The van der Waals surface area contributed by atoms with E-state index in [1.807, 2.05) is 42.1 Å². The molecule has 0 saturated heterocycles. The molecule has 26 heavy (non-hydrogen) atoms. The first-order valence-corrected chi connectivity index (χ1v) is 9.20. The van der Waals surface area contributed by atoms with Gasteiger partial charge in [-0.25, -0.2) is 9.78 Å². The van der Waals surface area contributed by atoms with Crippen LogP contribution in [0.25, 0.3) is 22.0 Å². The van der Waals surface area contributed by atoms with Gasteiger partial charge < -0.3 is 14.4 Å². The summed E-state index contributed by atoms with van der Waals surface area (Å²) in [6.45, 7) is 5.08. The lowest BCUT2D eigenvalue weighted by molar-refractivity contribution is 0.0696. The lowest BCUT2D eigenvalue weighted by Crippen LogP contribution is -2.06. The number of ether oxygens (including phenoxy) is 1. The normalized spacial score (nSPS) is 11.0. The molecule has 3 rings (SSSR count). The van der Waals surface area contributed by atoms with Crippen LogP contribution in [0.4, 0.5) is 0 Å². The molecular weight excluding hydrogens is 350 g/mol. The second-order valence-corrected chi connectivity index (χ2v) is 6.92. The van der Waals surface area contributed by atoms with E-state index in [0.29, 0.717) is 18.7 Å². The molecule has 0 aliphatic carbocycles. The first kappa shape index (κ1) is 18.3. The van der Waals surface area contributed by atoms with Crippen LogP contribution in [0, 0.1) is 13.8 Å². The second kappa shape index (κ2) is 7.80. The van der Waals surface area contributed by atoms with Crippen LogP contribution < -0.4 is 0 Å². The molecule has 136 valence electrons. The number of hydrogen-bond acceptors (Lipinski definition) is 5. The number of rotatable bonds is 7. The fourth-order valence-electron chi connectivity index (χ4n) is 2.85. The Morgan fingerprint density at radius 2 is 2.15 bits per heavy atom. The van der Waals surface area contributed by atoms with Gasteiger partial charge in [0.05, 0.1) is 17.0 Å². The summed E-state index contributed by atoms with van der Waals surface area (Å²) < 4.78 is 7.13. The predicted molar refractivity (Wildman–Crippen MR) is 102 cm³/mol. The van der Waals surface area contributed by atoms with Crippen LogP contribution in [0.15, 0.2) is 29.8 Å². The summed E-state index contributed by atoms with van der Waals surface area (Å²) in [7, 11) is 1.66. The second-order valence-electron chi connectivity index (χ2n) is 6.06. The molecule has 0 spiro atoms. The summed E-state index contributed by atoms with van der Waals surface area (Å²) in [5, 5.41) is 12.3. The third-order valence-electron chi connectivity index (χ3n) is 4.25. The van der Waals surface area contributed by atoms with Crippen LogP contribution in [-0.2, 0) is 11.3 Å². The molecule has 3 aromatic rings. The van der Waals surface area contributed by atoms with Crippen LogP contribution in [0.3, 0.4) is 0 Å². The number of thiazole rings is 1. The molecule has 7 heteroatoms. The van der Waals surface area contributed by atoms with E-state index in [2.05, 4.69) is 4.98 Å². The van der Waals surface area contributed by atoms with Gasteiger partial charge in [0, 0.05) is 48.8 Å². The van der Waals surface area contributed by atoms with Gasteiger partial charge in [0.15, 0.2) is 0 Å². The van der Waals surface area contributed by atoms with E-state index in [-0.39, 0.29) is 0 Å². The van der Waals surface area contributed by atoms with Gasteiger partial charge in [-0.3, -0.25) is 4.98 Å². The number of carboxylic acids is 1. The summed E-state index contributed by atoms with van der Waals surface area (Å²) in [5.41, 5.74) is 4.55. The maximum absolute atomic E-state index is 11.5. The summed E-state index contributed by atoms with van der Waals surface area (Å²) in [5.74, 6) is -0.924. The van der Waals surface area contributed by atoms with Crippen molar-refractivity contribution in [1.29, 1.82) is 0 Å². The molecule has 0 radical (unpaired) electrons. The molecular formula is C19H21N3O3S. The Kier molecular flexibility index (Phi) is 5.49. The Morgan fingerprint density at radius 3 is 2.81 bits per heavy atom. The highest BCUT2D eigenvalue weighted by atomic mass is 32.1. The molecule has 0 atom stereocenters. The Morgan fingerprint density at radius 1 is 1.35 bits per heavy atom. The number of aryl methyl sites for hydroxylation is 1. The fraction of sp³-hybridized carbons (Fsp3) is 0.316. The maximum atomic E-state index is 11.5. The standard InChI is InChI=1S/C19H21N3O3S/c1-12-5-6-14(10-20-12)18-21-16(11-26-18)17-9-15(19(23)24)13(2)22(17)7-4-8-25-3/h5-6,9-11H,4,7-8H2,1-3H3,(H,23,24). The van der Waals surface area contributed by atoms with Crippen molar-refractivity contribution in [2.45, 2.75) is 26.8 Å². The van der Waals surface area contributed by atoms with E-state index in [0.717, 1.165) is 39.8 Å². The van der Waals surface area contributed by atoms with Gasteiger partial charge in [-0.05, 0) is 38.5 Å².